The van der Waals surface area contributed by atoms with Gasteiger partial charge < -0.3 is 10.6 Å². The third kappa shape index (κ3) is 4.79. The summed E-state index contributed by atoms with van der Waals surface area (Å²) in [5, 5.41) is 6.12. The van der Waals surface area contributed by atoms with Gasteiger partial charge in [-0.15, -0.1) is 0 Å². The van der Waals surface area contributed by atoms with Gasteiger partial charge in [0.2, 0.25) is 0 Å². The van der Waals surface area contributed by atoms with Crippen molar-refractivity contribution < 1.29 is 4.79 Å². The summed E-state index contributed by atoms with van der Waals surface area (Å²) in [4.78, 5) is 21.0. The average molecular weight is 278 g/mol. The highest BCUT2D eigenvalue weighted by molar-refractivity contribution is 5.97. The Labute approximate surface area is 121 Å². The number of anilines is 1. The van der Waals surface area contributed by atoms with Crippen LogP contribution in [0.4, 0.5) is 5.69 Å². The Kier molecular flexibility index (Phi) is 6.42. The SMILES string of the molecule is CCCNc1cnc(C(C)C)nc1C(=O)NCC(C)C. The van der Waals surface area contributed by atoms with E-state index in [1.54, 1.807) is 6.20 Å². The maximum atomic E-state index is 12.3. The molecule has 0 unspecified atom stereocenters. The second-order valence-corrected chi connectivity index (χ2v) is 5.68. The van der Waals surface area contributed by atoms with E-state index in [9.17, 15) is 4.79 Å². The Balaban J connectivity index is 2.97. The standard InChI is InChI=1S/C15H26N4O/c1-6-7-16-12-9-17-14(11(4)5)19-13(12)15(20)18-8-10(2)3/h9-11,16H,6-8H2,1-5H3,(H,18,20). The van der Waals surface area contributed by atoms with Crippen LogP contribution in [0, 0.1) is 5.92 Å². The fourth-order valence-corrected chi connectivity index (χ4v) is 1.62. The van der Waals surface area contributed by atoms with Crippen LogP contribution in [0.2, 0.25) is 0 Å². The third-order valence-corrected chi connectivity index (χ3v) is 2.78. The van der Waals surface area contributed by atoms with E-state index in [1.807, 2.05) is 13.8 Å². The number of carbonyl (C=O) groups excluding carboxylic acids is 1. The van der Waals surface area contributed by atoms with Crippen molar-refractivity contribution in [1.82, 2.24) is 15.3 Å². The largest absolute Gasteiger partial charge is 0.382 e. The third-order valence-electron chi connectivity index (χ3n) is 2.78. The summed E-state index contributed by atoms with van der Waals surface area (Å²) in [5.74, 6) is 1.17. The normalized spacial score (nSPS) is 10.9. The number of rotatable bonds is 7. The highest BCUT2D eigenvalue weighted by Crippen LogP contribution is 2.16. The van der Waals surface area contributed by atoms with Crippen LogP contribution < -0.4 is 10.6 Å². The van der Waals surface area contributed by atoms with Crippen molar-refractivity contribution in [2.45, 2.75) is 47.0 Å². The zero-order valence-corrected chi connectivity index (χ0v) is 13.2. The van der Waals surface area contributed by atoms with Crippen LogP contribution >= 0.6 is 0 Å². The van der Waals surface area contributed by atoms with Gasteiger partial charge in [0.1, 0.15) is 5.82 Å². The lowest BCUT2D eigenvalue weighted by atomic mass is 10.2. The lowest BCUT2D eigenvalue weighted by Crippen LogP contribution is -2.29. The van der Waals surface area contributed by atoms with E-state index in [0.29, 0.717) is 29.7 Å². The van der Waals surface area contributed by atoms with Crippen molar-refractivity contribution in [2.24, 2.45) is 5.92 Å². The van der Waals surface area contributed by atoms with Crippen LogP contribution in [0.1, 0.15) is 63.3 Å². The molecule has 1 aromatic heterocycles. The van der Waals surface area contributed by atoms with Crippen LogP contribution in [0.25, 0.3) is 0 Å². The van der Waals surface area contributed by atoms with Gasteiger partial charge in [-0.3, -0.25) is 4.79 Å². The molecule has 0 aliphatic heterocycles. The lowest BCUT2D eigenvalue weighted by molar-refractivity contribution is 0.0944. The molecule has 5 nitrogen and oxygen atoms in total. The van der Waals surface area contributed by atoms with Crippen molar-refractivity contribution in [3.05, 3.63) is 17.7 Å². The van der Waals surface area contributed by atoms with Gasteiger partial charge >= 0.3 is 0 Å². The number of nitrogens with one attached hydrogen (secondary N) is 2. The molecule has 0 saturated carbocycles. The van der Waals surface area contributed by atoms with Gasteiger partial charge in [-0.2, -0.15) is 0 Å². The summed E-state index contributed by atoms with van der Waals surface area (Å²) in [6, 6.07) is 0. The minimum absolute atomic E-state index is 0.137. The van der Waals surface area contributed by atoms with Crippen LogP contribution in [-0.4, -0.2) is 29.0 Å². The Morgan fingerprint density at radius 1 is 1.30 bits per heavy atom. The van der Waals surface area contributed by atoms with Gasteiger partial charge in [0.25, 0.3) is 5.91 Å². The number of amides is 1. The number of aromatic nitrogens is 2. The molecule has 1 amide bonds. The van der Waals surface area contributed by atoms with Gasteiger partial charge in [-0.25, -0.2) is 9.97 Å². The van der Waals surface area contributed by atoms with Crippen molar-refractivity contribution in [3.8, 4) is 0 Å². The Hall–Kier alpha value is -1.65. The Bertz CT molecular complexity index is 443. The summed E-state index contributed by atoms with van der Waals surface area (Å²) in [7, 11) is 0. The molecule has 1 aromatic rings. The second kappa shape index (κ2) is 7.82. The molecular formula is C15H26N4O. The van der Waals surface area contributed by atoms with Crippen molar-refractivity contribution in [2.75, 3.05) is 18.4 Å². The first-order chi connectivity index (χ1) is 9.45. The molecule has 112 valence electrons. The fourth-order valence-electron chi connectivity index (χ4n) is 1.62. The lowest BCUT2D eigenvalue weighted by Gasteiger charge is -2.14. The predicted octanol–water partition coefficient (Wildman–Crippen LogP) is 2.81. The molecule has 0 spiro atoms. The quantitative estimate of drug-likeness (QED) is 0.805. The highest BCUT2D eigenvalue weighted by atomic mass is 16.1. The zero-order chi connectivity index (χ0) is 15.1. The van der Waals surface area contributed by atoms with E-state index in [0.717, 1.165) is 13.0 Å². The van der Waals surface area contributed by atoms with Gasteiger partial charge in [0.05, 0.1) is 11.9 Å². The molecule has 0 aliphatic carbocycles. The molecule has 0 bridgehead atoms. The maximum Gasteiger partial charge on any atom is 0.272 e. The first-order valence-electron chi connectivity index (χ1n) is 7.34. The minimum Gasteiger partial charge on any atom is -0.382 e. The zero-order valence-electron chi connectivity index (χ0n) is 13.2. The molecule has 0 aromatic carbocycles. The van der Waals surface area contributed by atoms with Crippen LogP contribution in [-0.2, 0) is 0 Å². The molecule has 0 aliphatic rings. The molecule has 0 saturated heterocycles. The van der Waals surface area contributed by atoms with E-state index < -0.39 is 0 Å². The maximum absolute atomic E-state index is 12.3. The van der Waals surface area contributed by atoms with Crippen molar-refractivity contribution in [1.29, 1.82) is 0 Å². The number of carbonyl (C=O) groups is 1. The van der Waals surface area contributed by atoms with Gasteiger partial charge in [0, 0.05) is 19.0 Å². The number of nitrogens with zero attached hydrogens (tertiary/aromatic N) is 2. The minimum atomic E-state index is -0.137. The highest BCUT2D eigenvalue weighted by Gasteiger charge is 2.16. The molecule has 20 heavy (non-hydrogen) atoms. The molecular weight excluding hydrogens is 252 g/mol. The molecule has 5 heteroatoms. The molecule has 0 radical (unpaired) electrons. The van der Waals surface area contributed by atoms with Crippen molar-refractivity contribution in [3.63, 3.8) is 0 Å². The topological polar surface area (TPSA) is 66.9 Å². The Morgan fingerprint density at radius 3 is 2.55 bits per heavy atom. The average Bonchev–Trinajstić information content (AvgIpc) is 2.42. The first-order valence-corrected chi connectivity index (χ1v) is 7.34. The predicted molar refractivity (Wildman–Crippen MR) is 82.1 cm³/mol. The molecule has 0 atom stereocenters. The number of hydrogen-bond donors (Lipinski definition) is 2. The van der Waals surface area contributed by atoms with E-state index in [4.69, 9.17) is 0 Å². The smallest absolute Gasteiger partial charge is 0.272 e. The van der Waals surface area contributed by atoms with Crippen molar-refractivity contribution >= 4 is 11.6 Å². The summed E-state index contributed by atoms with van der Waals surface area (Å²) in [6.45, 7) is 11.7. The summed E-state index contributed by atoms with van der Waals surface area (Å²) < 4.78 is 0. The van der Waals surface area contributed by atoms with Gasteiger partial charge in [-0.05, 0) is 12.3 Å². The Morgan fingerprint density at radius 2 is 2.00 bits per heavy atom. The number of hydrogen-bond acceptors (Lipinski definition) is 4. The van der Waals surface area contributed by atoms with Gasteiger partial charge in [0.15, 0.2) is 5.69 Å². The first kappa shape index (κ1) is 16.4. The van der Waals surface area contributed by atoms with E-state index in [1.165, 1.54) is 0 Å². The second-order valence-electron chi connectivity index (χ2n) is 5.68. The molecule has 1 rings (SSSR count). The van der Waals surface area contributed by atoms with Crippen LogP contribution in [0.15, 0.2) is 6.20 Å². The van der Waals surface area contributed by atoms with Gasteiger partial charge in [-0.1, -0.05) is 34.6 Å². The van der Waals surface area contributed by atoms with Crippen LogP contribution in [0.3, 0.4) is 0 Å². The molecule has 0 fully saturated rings. The van der Waals surface area contributed by atoms with E-state index in [2.05, 4.69) is 41.4 Å². The molecule has 2 N–H and O–H groups in total. The monoisotopic (exact) mass is 278 g/mol. The van der Waals surface area contributed by atoms with E-state index >= 15 is 0 Å². The molecule has 1 heterocycles. The summed E-state index contributed by atoms with van der Waals surface area (Å²) in [5.41, 5.74) is 1.15. The van der Waals surface area contributed by atoms with Crippen LogP contribution in [0.5, 0.6) is 0 Å². The fraction of sp³-hybridized carbons (Fsp3) is 0.667. The van der Waals surface area contributed by atoms with E-state index in [-0.39, 0.29) is 11.8 Å². The summed E-state index contributed by atoms with van der Waals surface area (Å²) >= 11 is 0. The summed E-state index contributed by atoms with van der Waals surface area (Å²) in [6.07, 6.45) is 2.70.